The zero-order valence-electron chi connectivity index (χ0n) is 33.9. The van der Waals surface area contributed by atoms with Gasteiger partial charge in [0, 0.05) is 88.7 Å². The Balaban J connectivity index is 0.000000160. The van der Waals surface area contributed by atoms with Crippen LogP contribution in [0.1, 0.15) is 77.8 Å². The predicted molar refractivity (Wildman–Crippen MR) is 227 cm³/mol. The fraction of sp³-hybridized carbons (Fsp3) is 0.404. The largest absolute Gasteiger partial charge is 0.337 e. The van der Waals surface area contributed by atoms with Gasteiger partial charge in [-0.15, -0.1) is 0 Å². The van der Waals surface area contributed by atoms with Gasteiger partial charge < -0.3 is 18.9 Å². The van der Waals surface area contributed by atoms with Gasteiger partial charge in [0.2, 0.25) is 0 Å². The molecule has 1 aliphatic carbocycles. The zero-order valence-corrected chi connectivity index (χ0v) is 33.9. The third-order valence-electron chi connectivity index (χ3n) is 12.6. The first-order chi connectivity index (χ1) is 27.7. The summed E-state index contributed by atoms with van der Waals surface area (Å²) in [7, 11) is 3.89. The Morgan fingerprint density at radius 1 is 0.632 bits per heavy atom. The number of likely N-dealkylation sites (tertiary alicyclic amines) is 2. The molecule has 3 fully saturated rings. The summed E-state index contributed by atoms with van der Waals surface area (Å²) in [5, 5.41) is 0. The second-order valence-electron chi connectivity index (χ2n) is 16.5. The minimum absolute atomic E-state index is 0.107. The third-order valence-corrected chi connectivity index (χ3v) is 12.6. The number of benzene rings is 4. The molecule has 2 amide bonds. The Kier molecular flexibility index (Phi) is 11.5. The Morgan fingerprint density at radius 3 is 1.56 bits per heavy atom. The summed E-state index contributed by atoms with van der Waals surface area (Å²) in [6.45, 7) is 10.1. The van der Waals surface area contributed by atoms with Gasteiger partial charge in [0.05, 0.1) is 34.7 Å². The van der Waals surface area contributed by atoms with Crippen molar-refractivity contribution in [3.05, 3.63) is 132 Å². The maximum absolute atomic E-state index is 13.0. The number of hydrogen-bond donors (Lipinski definition) is 0. The van der Waals surface area contributed by atoms with E-state index in [4.69, 9.17) is 0 Å². The zero-order chi connectivity index (χ0) is 39.5. The van der Waals surface area contributed by atoms with Crippen molar-refractivity contribution in [3.63, 3.8) is 0 Å². The number of rotatable bonds is 10. The van der Waals surface area contributed by atoms with E-state index in [1.54, 1.807) is 0 Å². The summed E-state index contributed by atoms with van der Waals surface area (Å²) in [4.78, 5) is 43.7. The molecule has 10 nitrogen and oxygen atoms in total. The number of aromatic nitrogens is 4. The van der Waals surface area contributed by atoms with E-state index in [9.17, 15) is 9.59 Å². The molecule has 4 heterocycles. The Labute approximate surface area is 336 Å². The van der Waals surface area contributed by atoms with Gasteiger partial charge in [0.1, 0.15) is 0 Å². The second kappa shape index (κ2) is 17.0. The molecular weight excluding hydrogens is 709 g/mol. The van der Waals surface area contributed by atoms with Gasteiger partial charge in [-0.05, 0) is 99.2 Å². The van der Waals surface area contributed by atoms with E-state index in [-0.39, 0.29) is 11.8 Å². The number of likely N-dealkylation sites (N-methyl/N-ethyl adjacent to an activating group) is 2. The first-order valence-corrected chi connectivity index (χ1v) is 20.7. The van der Waals surface area contributed by atoms with Crippen molar-refractivity contribution >= 4 is 33.9 Å². The van der Waals surface area contributed by atoms with Crippen LogP contribution in [0.4, 0.5) is 0 Å². The lowest BCUT2D eigenvalue weighted by atomic mass is 9.92. The van der Waals surface area contributed by atoms with Crippen LogP contribution in [0.5, 0.6) is 0 Å². The van der Waals surface area contributed by atoms with Crippen LogP contribution in [-0.4, -0.2) is 115 Å². The number of carbonyl (C=O) groups is 2. The van der Waals surface area contributed by atoms with E-state index >= 15 is 0 Å². The minimum Gasteiger partial charge on any atom is -0.337 e. The molecule has 0 unspecified atom stereocenters. The Bertz CT molecular complexity index is 2290. The molecule has 6 aromatic rings. The van der Waals surface area contributed by atoms with Gasteiger partial charge in [-0.3, -0.25) is 19.4 Å². The quantitative estimate of drug-likeness (QED) is 0.145. The molecule has 0 N–H and O–H groups in total. The monoisotopic (exact) mass is 764 g/mol. The molecule has 0 bridgehead atoms. The fourth-order valence-corrected chi connectivity index (χ4v) is 8.63. The van der Waals surface area contributed by atoms with Crippen molar-refractivity contribution in [2.24, 2.45) is 0 Å². The van der Waals surface area contributed by atoms with E-state index in [1.807, 2.05) is 109 Å². The maximum atomic E-state index is 13.0. The molecule has 2 aliphatic heterocycles. The van der Waals surface area contributed by atoms with Crippen molar-refractivity contribution in [2.75, 3.05) is 40.3 Å². The van der Waals surface area contributed by atoms with Crippen molar-refractivity contribution < 1.29 is 9.59 Å². The number of amides is 2. The van der Waals surface area contributed by atoms with Crippen LogP contribution >= 0.6 is 0 Å². The number of para-hydroxylation sites is 4. The average molecular weight is 765 g/mol. The number of carbonyl (C=O) groups excluding carboxylic acids is 2. The van der Waals surface area contributed by atoms with Crippen LogP contribution in [0.25, 0.3) is 22.1 Å². The molecule has 10 heteroatoms. The van der Waals surface area contributed by atoms with Gasteiger partial charge in [0.25, 0.3) is 11.8 Å². The van der Waals surface area contributed by atoms with Gasteiger partial charge in [-0.25, -0.2) is 9.97 Å². The molecular formula is C47H56N8O2. The molecule has 2 atom stereocenters. The molecule has 296 valence electrons. The van der Waals surface area contributed by atoms with E-state index in [0.717, 1.165) is 96.9 Å². The van der Waals surface area contributed by atoms with Gasteiger partial charge >= 0.3 is 0 Å². The first-order valence-electron chi connectivity index (χ1n) is 20.7. The smallest absolute Gasteiger partial charge is 0.253 e. The van der Waals surface area contributed by atoms with Crippen LogP contribution in [0.15, 0.2) is 110 Å². The van der Waals surface area contributed by atoms with Crippen LogP contribution in [0.3, 0.4) is 0 Å². The molecule has 0 radical (unpaired) electrons. The highest BCUT2D eigenvalue weighted by molar-refractivity contribution is 5.95. The average Bonchev–Trinajstić information content (AvgIpc) is 4.05. The van der Waals surface area contributed by atoms with Crippen LogP contribution in [0, 0.1) is 0 Å². The van der Waals surface area contributed by atoms with E-state index in [0.29, 0.717) is 18.1 Å². The molecule has 2 saturated heterocycles. The normalized spacial score (nSPS) is 18.8. The standard InChI is InChI=1S/C24H28N4O.C23H28N4O/c1-26(21-13-14-27(16-21)20-5-4-6-20)24(29)19-11-9-18(10-12-19)15-28-17-25-22-7-2-3-8-23(22)28;1-17(2)26-13-12-20(15-26)25(3)23(28)19-10-8-18(9-11-19)14-27-16-24-21-6-4-5-7-22(21)27/h2-3,7-12,17,20-21H,4-6,13-16H2,1H3;4-11,16-17,20H,12-15H2,1-3H3/t21-;20-/m11/s1. The predicted octanol–water partition coefficient (Wildman–Crippen LogP) is 7.42. The minimum atomic E-state index is 0.107. The van der Waals surface area contributed by atoms with E-state index in [2.05, 4.69) is 67.0 Å². The third kappa shape index (κ3) is 8.53. The molecule has 9 rings (SSSR count). The lowest BCUT2D eigenvalue weighted by Crippen LogP contribution is -2.43. The van der Waals surface area contributed by atoms with E-state index in [1.165, 1.54) is 24.8 Å². The lowest BCUT2D eigenvalue weighted by molar-refractivity contribution is 0.0716. The van der Waals surface area contributed by atoms with Crippen molar-refractivity contribution in [1.29, 1.82) is 0 Å². The fourth-order valence-electron chi connectivity index (χ4n) is 8.63. The Morgan fingerprint density at radius 2 is 1.11 bits per heavy atom. The first kappa shape index (κ1) is 38.5. The van der Waals surface area contributed by atoms with Gasteiger partial charge in [-0.2, -0.15) is 0 Å². The van der Waals surface area contributed by atoms with Crippen molar-refractivity contribution in [2.45, 2.75) is 83.2 Å². The maximum Gasteiger partial charge on any atom is 0.253 e. The molecule has 4 aromatic carbocycles. The molecule has 0 spiro atoms. The van der Waals surface area contributed by atoms with Crippen molar-refractivity contribution in [3.8, 4) is 0 Å². The molecule has 1 saturated carbocycles. The number of fused-ring (bicyclic) bond motifs is 2. The highest BCUT2D eigenvalue weighted by Crippen LogP contribution is 2.29. The van der Waals surface area contributed by atoms with Gasteiger partial charge in [-0.1, -0.05) is 55.0 Å². The summed E-state index contributed by atoms with van der Waals surface area (Å²) in [6, 6.07) is 34.3. The van der Waals surface area contributed by atoms with E-state index < -0.39 is 0 Å². The van der Waals surface area contributed by atoms with Crippen LogP contribution < -0.4 is 0 Å². The summed E-state index contributed by atoms with van der Waals surface area (Å²) < 4.78 is 4.28. The Hall–Kier alpha value is -5.32. The highest BCUT2D eigenvalue weighted by atomic mass is 16.2. The van der Waals surface area contributed by atoms with Crippen molar-refractivity contribution in [1.82, 2.24) is 38.7 Å². The van der Waals surface area contributed by atoms with Gasteiger partial charge in [0.15, 0.2) is 0 Å². The summed E-state index contributed by atoms with van der Waals surface area (Å²) in [5.41, 5.74) is 8.12. The second-order valence-corrected chi connectivity index (χ2v) is 16.5. The summed E-state index contributed by atoms with van der Waals surface area (Å²) in [5.74, 6) is 0.236. The highest BCUT2D eigenvalue weighted by Gasteiger charge is 2.34. The lowest BCUT2D eigenvalue weighted by Gasteiger charge is -2.35. The molecule has 3 aliphatic rings. The number of imidazole rings is 2. The molecule has 57 heavy (non-hydrogen) atoms. The molecule has 2 aromatic heterocycles. The number of hydrogen-bond acceptors (Lipinski definition) is 6. The summed E-state index contributed by atoms with van der Waals surface area (Å²) in [6.07, 6.45) is 9.91. The summed E-state index contributed by atoms with van der Waals surface area (Å²) >= 11 is 0. The number of nitrogens with zero attached hydrogens (tertiary/aromatic N) is 8. The van der Waals surface area contributed by atoms with Crippen LogP contribution in [0.2, 0.25) is 0 Å². The topological polar surface area (TPSA) is 82.7 Å². The SMILES string of the molecule is CC(C)N1CC[C@@H](N(C)C(=O)c2ccc(Cn3cnc4ccccc43)cc2)C1.CN(C(=O)c1ccc(Cn2cnc3ccccc32)cc1)[C@@H]1CCN(C2CCC2)C1. The van der Waals surface area contributed by atoms with Crippen LogP contribution in [-0.2, 0) is 13.1 Å².